The number of nitrogens with one attached hydrogen (secondary N) is 1. The van der Waals surface area contributed by atoms with Crippen LogP contribution in [0.4, 0.5) is 0 Å². The third-order valence-corrected chi connectivity index (χ3v) is 4.31. The van der Waals surface area contributed by atoms with Crippen LogP contribution in [0, 0.1) is 0 Å². The molecule has 3 aromatic rings. The van der Waals surface area contributed by atoms with E-state index in [1.807, 2.05) is 23.1 Å². The molecule has 3 aromatic heterocycles. The molecule has 8 nitrogen and oxygen atoms in total. The monoisotopic (exact) mass is 323 g/mol. The van der Waals surface area contributed by atoms with Crippen molar-refractivity contribution in [1.82, 2.24) is 34.8 Å². The number of pyridine rings is 1. The lowest BCUT2D eigenvalue weighted by atomic mass is 9.95. The van der Waals surface area contributed by atoms with Crippen molar-refractivity contribution in [3.63, 3.8) is 0 Å². The predicted octanol–water partition coefficient (Wildman–Crippen LogP) is 1.41. The largest absolute Gasteiger partial charge is 0.337 e. The van der Waals surface area contributed by atoms with Crippen LogP contribution in [0.15, 0.2) is 43.1 Å². The summed E-state index contributed by atoms with van der Waals surface area (Å²) >= 11 is 0. The quantitative estimate of drug-likeness (QED) is 0.786. The van der Waals surface area contributed by atoms with Crippen LogP contribution in [-0.2, 0) is 0 Å². The number of aromatic nitrogens is 6. The molecule has 1 fully saturated rings. The summed E-state index contributed by atoms with van der Waals surface area (Å²) in [5.74, 6) is 0.883. The Morgan fingerprint density at radius 2 is 2.08 bits per heavy atom. The highest BCUT2D eigenvalue weighted by Gasteiger charge is 2.27. The van der Waals surface area contributed by atoms with Gasteiger partial charge in [0, 0.05) is 30.9 Å². The summed E-state index contributed by atoms with van der Waals surface area (Å²) in [6, 6.07) is 7.37. The Morgan fingerprint density at radius 1 is 1.21 bits per heavy atom. The minimum atomic E-state index is -0.0471. The fraction of sp³-hybridized carbons (Fsp3) is 0.312. The van der Waals surface area contributed by atoms with Crippen molar-refractivity contribution in [2.75, 3.05) is 13.1 Å². The Hall–Kier alpha value is -3.03. The number of amides is 1. The molecule has 0 spiro atoms. The zero-order valence-corrected chi connectivity index (χ0v) is 13.0. The van der Waals surface area contributed by atoms with Crippen molar-refractivity contribution in [2.24, 2.45) is 0 Å². The maximum Gasteiger partial charge on any atom is 0.272 e. The van der Waals surface area contributed by atoms with Crippen LogP contribution in [0.25, 0.3) is 5.82 Å². The van der Waals surface area contributed by atoms with Crippen molar-refractivity contribution < 1.29 is 4.79 Å². The second-order valence-electron chi connectivity index (χ2n) is 5.85. The number of nitrogens with zero attached hydrogens (tertiary/aromatic N) is 6. The van der Waals surface area contributed by atoms with Crippen LogP contribution in [-0.4, -0.2) is 53.8 Å². The van der Waals surface area contributed by atoms with Gasteiger partial charge in [-0.1, -0.05) is 6.07 Å². The van der Waals surface area contributed by atoms with Gasteiger partial charge in [0.15, 0.2) is 0 Å². The lowest BCUT2D eigenvalue weighted by Gasteiger charge is -2.32. The third kappa shape index (κ3) is 2.78. The molecule has 1 aliphatic heterocycles. The number of hydrogen-bond acceptors (Lipinski definition) is 5. The maximum atomic E-state index is 12.8. The van der Waals surface area contributed by atoms with Crippen LogP contribution in [0.5, 0.6) is 0 Å². The summed E-state index contributed by atoms with van der Waals surface area (Å²) in [7, 11) is 0. The molecular weight excluding hydrogens is 306 g/mol. The smallest absolute Gasteiger partial charge is 0.272 e. The summed E-state index contributed by atoms with van der Waals surface area (Å²) < 4.78 is 1.68. The summed E-state index contributed by atoms with van der Waals surface area (Å²) in [5.41, 5.74) is 1.52. The number of likely N-dealkylation sites (tertiary alicyclic amines) is 1. The van der Waals surface area contributed by atoms with E-state index in [2.05, 4.69) is 25.4 Å². The van der Waals surface area contributed by atoms with E-state index in [0.717, 1.165) is 25.1 Å². The minimum Gasteiger partial charge on any atom is -0.337 e. The minimum absolute atomic E-state index is 0.0471. The molecule has 1 atom stereocenters. The summed E-state index contributed by atoms with van der Waals surface area (Å²) in [6.07, 6.45) is 6.90. The van der Waals surface area contributed by atoms with E-state index >= 15 is 0 Å². The maximum absolute atomic E-state index is 12.8. The first kappa shape index (κ1) is 14.6. The zero-order chi connectivity index (χ0) is 16.4. The van der Waals surface area contributed by atoms with Gasteiger partial charge in [0.2, 0.25) is 0 Å². The first-order valence-corrected chi connectivity index (χ1v) is 7.92. The fourth-order valence-corrected chi connectivity index (χ4v) is 3.08. The lowest BCUT2D eigenvalue weighted by molar-refractivity contribution is 0.0700. The molecule has 24 heavy (non-hydrogen) atoms. The molecule has 1 N–H and O–H groups in total. The van der Waals surface area contributed by atoms with E-state index in [4.69, 9.17) is 0 Å². The number of hydrogen-bond donors (Lipinski definition) is 1. The van der Waals surface area contributed by atoms with E-state index in [1.54, 1.807) is 29.5 Å². The SMILES string of the molecule is O=C(c1cccc(-n2cnnc2)n1)N1CCCC(c2ccn[nH]2)C1. The number of carbonyl (C=O) groups excluding carboxylic acids is 1. The predicted molar refractivity (Wildman–Crippen MR) is 85.6 cm³/mol. The molecular formula is C16H17N7O. The van der Waals surface area contributed by atoms with Crippen LogP contribution in [0.2, 0.25) is 0 Å². The average molecular weight is 323 g/mol. The lowest BCUT2D eigenvalue weighted by Crippen LogP contribution is -2.39. The highest BCUT2D eigenvalue weighted by atomic mass is 16.2. The van der Waals surface area contributed by atoms with E-state index in [-0.39, 0.29) is 5.91 Å². The molecule has 1 saturated heterocycles. The first-order valence-electron chi connectivity index (χ1n) is 7.92. The van der Waals surface area contributed by atoms with Gasteiger partial charge >= 0.3 is 0 Å². The van der Waals surface area contributed by atoms with Crippen LogP contribution < -0.4 is 0 Å². The second kappa shape index (κ2) is 6.23. The Balaban J connectivity index is 1.54. The van der Waals surface area contributed by atoms with Crippen molar-refractivity contribution in [3.8, 4) is 5.82 Å². The summed E-state index contributed by atoms with van der Waals surface area (Å²) in [4.78, 5) is 19.2. The van der Waals surface area contributed by atoms with E-state index in [1.165, 1.54) is 0 Å². The number of rotatable bonds is 3. The number of H-pyrrole nitrogens is 1. The molecule has 4 rings (SSSR count). The zero-order valence-electron chi connectivity index (χ0n) is 13.0. The van der Waals surface area contributed by atoms with Gasteiger partial charge in [0.05, 0.1) is 0 Å². The Labute approximate surface area is 138 Å². The van der Waals surface area contributed by atoms with Crippen LogP contribution in [0.3, 0.4) is 0 Å². The highest BCUT2D eigenvalue weighted by Crippen LogP contribution is 2.26. The van der Waals surface area contributed by atoms with Crippen molar-refractivity contribution in [3.05, 3.63) is 54.5 Å². The molecule has 1 unspecified atom stereocenters. The third-order valence-electron chi connectivity index (χ3n) is 4.31. The Morgan fingerprint density at radius 3 is 2.88 bits per heavy atom. The molecule has 0 bridgehead atoms. The van der Waals surface area contributed by atoms with Crippen molar-refractivity contribution in [2.45, 2.75) is 18.8 Å². The highest BCUT2D eigenvalue weighted by molar-refractivity contribution is 5.92. The van der Waals surface area contributed by atoms with E-state index in [9.17, 15) is 4.79 Å². The molecule has 122 valence electrons. The van der Waals surface area contributed by atoms with Gasteiger partial charge in [-0.15, -0.1) is 10.2 Å². The molecule has 8 heteroatoms. The van der Waals surface area contributed by atoms with E-state index < -0.39 is 0 Å². The van der Waals surface area contributed by atoms with Gasteiger partial charge in [-0.3, -0.25) is 14.5 Å². The van der Waals surface area contributed by atoms with Crippen LogP contribution in [0.1, 0.15) is 34.9 Å². The topological polar surface area (TPSA) is 92.6 Å². The number of aromatic amines is 1. The molecule has 0 aliphatic carbocycles. The molecule has 1 amide bonds. The summed E-state index contributed by atoms with van der Waals surface area (Å²) in [5, 5.41) is 14.6. The molecule has 0 saturated carbocycles. The number of carbonyl (C=O) groups is 1. The van der Waals surface area contributed by atoms with Gasteiger partial charge in [0.1, 0.15) is 24.2 Å². The second-order valence-corrected chi connectivity index (χ2v) is 5.85. The van der Waals surface area contributed by atoms with Crippen molar-refractivity contribution in [1.29, 1.82) is 0 Å². The normalized spacial score (nSPS) is 17.8. The average Bonchev–Trinajstić information content (AvgIpc) is 3.35. The molecule has 0 aromatic carbocycles. The van der Waals surface area contributed by atoms with Crippen molar-refractivity contribution >= 4 is 5.91 Å². The Bertz CT molecular complexity index is 813. The van der Waals surface area contributed by atoms with Gasteiger partial charge in [-0.25, -0.2) is 4.98 Å². The summed E-state index contributed by atoms with van der Waals surface area (Å²) in [6.45, 7) is 1.43. The fourth-order valence-electron chi connectivity index (χ4n) is 3.08. The van der Waals surface area contributed by atoms with Gasteiger partial charge in [-0.2, -0.15) is 5.10 Å². The van der Waals surface area contributed by atoms with Crippen LogP contribution >= 0.6 is 0 Å². The Kier molecular flexibility index (Phi) is 3.78. The molecule has 1 aliphatic rings. The first-order chi connectivity index (χ1) is 11.8. The molecule has 0 radical (unpaired) electrons. The van der Waals surface area contributed by atoms with Gasteiger partial charge in [-0.05, 0) is 31.0 Å². The van der Waals surface area contributed by atoms with E-state index in [0.29, 0.717) is 24.0 Å². The van der Waals surface area contributed by atoms with Gasteiger partial charge < -0.3 is 4.90 Å². The number of piperidine rings is 1. The standard InChI is InChI=1S/C16H17N7O/c24-16(14-4-1-5-15(20-14)23-10-18-19-11-23)22-8-2-3-12(9-22)13-6-7-17-21-13/h1,4-7,10-12H,2-3,8-9H2,(H,17,21). The van der Waals surface area contributed by atoms with Gasteiger partial charge in [0.25, 0.3) is 5.91 Å². The molecule has 4 heterocycles.